The molecule has 6 aromatic rings. The first kappa shape index (κ1) is 35.2. The average Bonchev–Trinajstić information content (AvgIpc) is 3.18. The smallest absolute Gasteiger partial charge is 0.124 e. The van der Waals surface area contributed by atoms with Crippen LogP contribution in [0, 0.1) is 13.8 Å². The number of aryl methyl sites for hydroxylation is 2. The largest absolute Gasteiger partial charge is 0.507 e. The zero-order chi connectivity index (χ0) is 35.9. The molecule has 0 spiro atoms. The molecule has 0 radical (unpaired) electrons. The third-order valence-electron chi connectivity index (χ3n) is 10.2. The van der Waals surface area contributed by atoms with Crippen LogP contribution < -0.4 is 21.3 Å². The quantitative estimate of drug-likeness (QED) is 0.111. The van der Waals surface area contributed by atoms with Crippen LogP contribution in [0.15, 0.2) is 146 Å². The number of rotatable bonds is 4. The summed E-state index contributed by atoms with van der Waals surface area (Å²) in [6, 6.07) is 49.5. The second kappa shape index (κ2) is 16.4. The van der Waals surface area contributed by atoms with Crippen LogP contribution in [0.1, 0.15) is 79.8 Å². The standard InChI is InChI=1S/C46H48N4O2/c1-31-23-37-27-47-41(33-15-7-3-8-16-33)43(35-19-11-5-12-20-35)49-29-39-25-32(2)26-40(46(39)52)30-50-44(36-21-13-6-14-22-36)42(34-17-9-4-10-18-34)48-28-38(24-31)45(37)51/h3-26,41-44,47-52H,27-30H2,1-2H3/t41-,42-,43-,44-/m1/s1. The van der Waals surface area contributed by atoms with E-state index in [0.29, 0.717) is 37.7 Å². The third kappa shape index (κ3) is 8.12. The minimum atomic E-state index is -0.147. The highest BCUT2D eigenvalue weighted by molar-refractivity contribution is 5.45. The van der Waals surface area contributed by atoms with E-state index < -0.39 is 0 Å². The molecule has 264 valence electrons. The summed E-state index contributed by atoms with van der Waals surface area (Å²) in [4.78, 5) is 0. The summed E-state index contributed by atoms with van der Waals surface area (Å²) >= 11 is 0. The second-order valence-electron chi connectivity index (χ2n) is 13.9. The molecule has 7 rings (SSSR count). The summed E-state index contributed by atoms with van der Waals surface area (Å²) in [6.07, 6.45) is 0. The van der Waals surface area contributed by atoms with Gasteiger partial charge < -0.3 is 31.5 Å². The molecule has 0 amide bonds. The van der Waals surface area contributed by atoms with Crippen molar-refractivity contribution >= 4 is 0 Å². The summed E-state index contributed by atoms with van der Waals surface area (Å²) in [5, 5.41) is 39.1. The van der Waals surface area contributed by atoms with Crippen molar-refractivity contribution in [3.05, 3.63) is 201 Å². The van der Waals surface area contributed by atoms with Crippen molar-refractivity contribution in [3.8, 4) is 11.5 Å². The number of aromatic hydroxyl groups is 2. The summed E-state index contributed by atoms with van der Waals surface area (Å²) in [5.74, 6) is 0.600. The Labute approximate surface area is 307 Å². The molecule has 1 aliphatic heterocycles. The highest BCUT2D eigenvalue weighted by Gasteiger charge is 2.28. The van der Waals surface area contributed by atoms with Crippen LogP contribution in [0.4, 0.5) is 0 Å². The van der Waals surface area contributed by atoms with Gasteiger partial charge in [0.1, 0.15) is 11.5 Å². The van der Waals surface area contributed by atoms with E-state index >= 15 is 0 Å². The second-order valence-corrected chi connectivity index (χ2v) is 13.9. The summed E-state index contributed by atoms with van der Waals surface area (Å²) in [7, 11) is 0. The molecule has 6 heteroatoms. The molecule has 0 saturated heterocycles. The molecule has 6 nitrogen and oxygen atoms in total. The Morgan fingerprint density at radius 1 is 0.365 bits per heavy atom. The maximum atomic E-state index is 11.8. The fourth-order valence-corrected chi connectivity index (χ4v) is 7.64. The van der Waals surface area contributed by atoms with Crippen molar-refractivity contribution in [2.24, 2.45) is 0 Å². The summed E-state index contributed by atoms with van der Waals surface area (Å²) < 4.78 is 0. The Balaban J connectivity index is 1.35. The van der Waals surface area contributed by atoms with E-state index in [1.807, 2.05) is 24.3 Å². The molecular formula is C46H48N4O2. The van der Waals surface area contributed by atoms with E-state index in [-0.39, 0.29) is 24.2 Å². The molecule has 0 fully saturated rings. The molecule has 1 heterocycles. The zero-order valence-corrected chi connectivity index (χ0v) is 29.9. The highest BCUT2D eigenvalue weighted by atomic mass is 16.3. The van der Waals surface area contributed by atoms with Gasteiger partial charge in [-0.1, -0.05) is 157 Å². The minimum Gasteiger partial charge on any atom is -0.507 e. The number of fused-ring (bicyclic) bond motifs is 4. The van der Waals surface area contributed by atoms with Crippen LogP contribution in [0.25, 0.3) is 0 Å². The van der Waals surface area contributed by atoms with Crippen molar-refractivity contribution in [2.75, 3.05) is 0 Å². The molecular weight excluding hydrogens is 641 g/mol. The number of nitrogens with one attached hydrogen (secondary N) is 4. The van der Waals surface area contributed by atoms with Gasteiger partial charge >= 0.3 is 0 Å². The SMILES string of the molecule is Cc1cc2c(O)c(c1)CN[C@H](c1ccccc1)[C@@H](c1ccccc1)NCc1cc(C)cc(c1O)CN[C@H](c1ccccc1)[C@@H](c1ccccc1)NC2. The van der Waals surface area contributed by atoms with Gasteiger partial charge in [-0.3, -0.25) is 0 Å². The average molecular weight is 689 g/mol. The van der Waals surface area contributed by atoms with Gasteiger partial charge in [0.15, 0.2) is 0 Å². The molecule has 0 unspecified atom stereocenters. The van der Waals surface area contributed by atoms with E-state index in [2.05, 4.69) is 156 Å². The van der Waals surface area contributed by atoms with Crippen LogP contribution >= 0.6 is 0 Å². The molecule has 4 atom stereocenters. The van der Waals surface area contributed by atoms with Crippen LogP contribution in [0.2, 0.25) is 0 Å². The predicted octanol–water partition coefficient (Wildman–Crippen LogP) is 8.75. The van der Waals surface area contributed by atoms with E-state index in [4.69, 9.17) is 0 Å². The first-order valence-electron chi connectivity index (χ1n) is 18.2. The van der Waals surface area contributed by atoms with Crippen molar-refractivity contribution in [2.45, 2.75) is 64.2 Å². The van der Waals surface area contributed by atoms with Crippen LogP contribution in [0.3, 0.4) is 0 Å². The Morgan fingerprint density at radius 2 is 0.577 bits per heavy atom. The Morgan fingerprint density at radius 3 is 0.788 bits per heavy atom. The first-order chi connectivity index (χ1) is 25.4. The molecule has 52 heavy (non-hydrogen) atoms. The van der Waals surface area contributed by atoms with E-state index in [1.54, 1.807) is 0 Å². The summed E-state index contributed by atoms with van der Waals surface area (Å²) in [5.41, 5.74) is 10.1. The molecule has 6 aromatic carbocycles. The molecule has 4 bridgehead atoms. The van der Waals surface area contributed by atoms with Crippen molar-refractivity contribution < 1.29 is 10.2 Å². The van der Waals surface area contributed by atoms with Gasteiger partial charge in [-0.05, 0) is 36.1 Å². The predicted molar refractivity (Wildman–Crippen MR) is 210 cm³/mol. The van der Waals surface area contributed by atoms with Crippen LogP contribution in [-0.2, 0) is 26.2 Å². The third-order valence-corrected chi connectivity index (χ3v) is 10.2. The van der Waals surface area contributed by atoms with Gasteiger partial charge in [-0.15, -0.1) is 0 Å². The van der Waals surface area contributed by atoms with Crippen molar-refractivity contribution in [3.63, 3.8) is 0 Å². The fourth-order valence-electron chi connectivity index (χ4n) is 7.64. The topological polar surface area (TPSA) is 88.6 Å². The Hall–Kier alpha value is -5.24. The molecule has 6 N–H and O–H groups in total. The Kier molecular flexibility index (Phi) is 11.1. The van der Waals surface area contributed by atoms with Crippen LogP contribution in [-0.4, -0.2) is 10.2 Å². The lowest BCUT2D eigenvalue weighted by atomic mass is 9.91. The van der Waals surface area contributed by atoms with Gasteiger partial charge in [-0.25, -0.2) is 0 Å². The molecule has 0 aromatic heterocycles. The lowest BCUT2D eigenvalue weighted by molar-refractivity contribution is 0.362. The van der Waals surface area contributed by atoms with Gasteiger partial charge in [-0.2, -0.15) is 0 Å². The van der Waals surface area contributed by atoms with Crippen molar-refractivity contribution in [1.29, 1.82) is 0 Å². The monoisotopic (exact) mass is 688 g/mol. The van der Waals surface area contributed by atoms with Crippen LogP contribution in [0.5, 0.6) is 11.5 Å². The molecule has 0 saturated carbocycles. The highest BCUT2D eigenvalue weighted by Crippen LogP contribution is 2.35. The Bertz CT molecular complexity index is 1760. The maximum Gasteiger partial charge on any atom is 0.124 e. The number of hydrogen-bond donors (Lipinski definition) is 6. The number of phenols is 2. The zero-order valence-electron chi connectivity index (χ0n) is 29.9. The lowest BCUT2D eigenvalue weighted by Crippen LogP contribution is -2.36. The molecule has 0 aliphatic carbocycles. The van der Waals surface area contributed by atoms with E-state index in [1.165, 1.54) is 0 Å². The number of phenolic OH excluding ortho intramolecular Hbond substituents is 2. The first-order valence-corrected chi connectivity index (χ1v) is 18.2. The summed E-state index contributed by atoms with van der Waals surface area (Å²) in [6.45, 7) is 6.02. The number of benzene rings is 6. The number of hydrogen-bond acceptors (Lipinski definition) is 6. The molecule has 1 aliphatic rings. The normalized spacial score (nSPS) is 20.0. The van der Waals surface area contributed by atoms with Gasteiger partial charge in [0.05, 0.1) is 24.2 Å². The van der Waals surface area contributed by atoms with E-state index in [9.17, 15) is 10.2 Å². The lowest BCUT2D eigenvalue weighted by Gasteiger charge is -2.32. The minimum absolute atomic E-state index is 0.147. The fraction of sp³-hybridized carbons (Fsp3) is 0.217. The van der Waals surface area contributed by atoms with Gasteiger partial charge in [0.25, 0.3) is 0 Å². The van der Waals surface area contributed by atoms with Gasteiger partial charge in [0.2, 0.25) is 0 Å². The van der Waals surface area contributed by atoms with Crippen molar-refractivity contribution in [1.82, 2.24) is 21.3 Å². The maximum absolute atomic E-state index is 11.8. The van der Waals surface area contributed by atoms with Gasteiger partial charge in [0, 0.05) is 48.4 Å². The van der Waals surface area contributed by atoms with E-state index in [0.717, 1.165) is 55.6 Å².